The monoisotopic (exact) mass is 339 g/mol. The molecule has 0 aromatic heterocycles. The van der Waals surface area contributed by atoms with Crippen LogP contribution in [0, 0.1) is 23.2 Å². The summed E-state index contributed by atoms with van der Waals surface area (Å²) in [5.74, 6) is 0.232. The predicted octanol–water partition coefficient (Wildman–Crippen LogP) is 3.22. The van der Waals surface area contributed by atoms with E-state index in [1.165, 1.54) is 0 Å². The summed E-state index contributed by atoms with van der Waals surface area (Å²) in [5, 5.41) is 12.7. The van der Waals surface area contributed by atoms with Gasteiger partial charge in [-0.05, 0) is 44.4 Å². The SMILES string of the molecule is CCOC1CC(NC(=O)C2CCC(C(C)C)CC2)(C(=O)O)C1(C)C. The molecular formula is C19H33NO4. The van der Waals surface area contributed by atoms with Crippen LogP contribution in [0.5, 0.6) is 0 Å². The highest BCUT2D eigenvalue weighted by atomic mass is 16.5. The Labute approximate surface area is 145 Å². The van der Waals surface area contributed by atoms with Crippen molar-refractivity contribution in [2.24, 2.45) is 23.2 Å². The number of rotatable bonds is 6. The molecule has 0 aromatic carbocycles. The van der Waals surface area contributed by atoms with Crippen LogP contribution >= 0.6 is 0 Å². The van der Waals surface area contributed by atoms with E-state index in [4.69, 9.17) is 4.74 Å². The zero-order chi connectivity index (χ0) is 18.1. The number of carbonyl (C=O) groups excluding carboxylic acids is 1. The number of carboxylic acids is 1. The van der Waals surface area contributed by atoms with E-state index >= 15 is 0 Å². The minimum absolute atomic E-state index is 0.0573. The molecule has 1 amide bonds. The Balaban J connectivity index is 2.02. The fourth-order valence-corrected chi connectivity index (χ4v) is 4.40. The van der Waals surface area contributed by atoms with E-state index in [0.29, 0.717) is 24.9 Å². The Morgan fingerprint density at radius 1 is 1.21 bits per heavy atom. The normalized spacial score (nSPS) is 35.3. The van der Waals surface area contributed by atoms with Crippen LogP contribution in [-0.2, 0) is 14.3 Å². The Morgan fingerprint density at radius 3 is 2.21 bits per heavy atom. The quantitative estimate of drug-likeness (QED) is 0.779. The van der Waals surface area contributed by atoms with Crippen LogP contribution in [0.15, 0.2) is 0 Å². The van der Waals surface area contributed by atoms with Gasteiger partial charge in [-0.3, -0.25) is 4.79 Å². The van der Waals surface area contributed by atoms with Gasteiger partial charge in [-0.25, -0.2) is 4.79 Å². The van der Waals surface area contributed by atoms with Crippen LogP contribution < -0.4 is 5.32 Å². The van der Waals surface area contributed by atoms with Gasteiger partial charge in [0.05, 0.1) is 6.10 Å². The van der Waals surface area contributed by atoms with Crippen molar-refractivity contribution in [2.45, 2.75) is 78.4 Å². The molecule has 0 bridgehead atoms. The highest BCUT2D eigenvalue weighted by Gasteiger charge is 2.66. The molecule has 0 aromatic rings. The van der Waals surface area contributed by atoms with E-state index < -0.39 is 16.9 Å². The lowest BCUT2D eigenvalue weighted by molar-refractivity contribution is -0.195. The maximum absolute atomic E-state index is 12.7. The van der Waals surface area contributed by atoms with Gasteiger partial charge in [0.1, 0.15) is 5.54 Å². The van der Waals surface area contributed by atoms with E-state index in [9.17, 15) is 14.7 Å². The lowest BCUT2D eigenvalue weighted by atomic mass is 9.54. The van der Waals surface area contributed by atoms with Crippen LogP contribution in [0.2, 0.25) is 0 Å². The molecule has 5 nitrogen and oxygen atoms in total. The van der Waals surface area contributed by atoms with Crippen LogP contribution in [0.3, 0.4) is 0 Å². The van der Waals surface area contributed by atoms with Crippen LogP contribution in [-0.4, -0.2) is 35.2 Å². The largest absolute Gasteiger partial charge is 0.479 e. The number of ether oxygens (including phenoxy) is 1. The summed E-state index contributed by atoms with van der Waals surface area (Å²) in [6, 6.07) is 0. The molecule has 2 N–H and O–H groups in total. The second-order valence-corrected chi connectivity index (χ2v) is 8.43. The maximum Gasteiger partial charge on any atom is 0.330 e. The van der Waals surface area contributed by atoms with Crippen molar-refractivity contribution < 1.29 is 19.4 Å². The summed E-state index contributed by atoms with van der Waals surface area (Å²) < 4.78 is 5.65. The van der Waals surface area contributed by atoms with Crippen molar-refractivity contribution in [3.05, 3.63) is 0 Å². The van der Waals surface area contributed by atoms with E-state index in [2.05, 4.69) is 19.2 Å². The zero-order valence-corrected chi connectivity index (χ0v) is 15.7. The Hall–Kier alpha value is -1.10. The van der Waals surface area contributed by atoms with Gasteiger partial charge in [0, 0.05) is 24.4 Å². The van der Waals surface area contributed by atoms with E-state index in [1.54, 1.807) is 0 Å². The molecule has 0 radical (unpaired) electrons. The van der Waals surface area contributed by atoms with Crippen molar-refractivity contribution in [2.75, 3.05) is 6.61 Å². The third-order valence-corrected chi connectivity index (χ3v) is 6.55. The molecule has 2 atom stereocenters. The summed E-state index contributed by atoms with van der Waals surface area (Å²) in [6.07, 6.45) is 4.05. The maximum atomic E-state index is 12.7. The highest BCUT2D eigenvalue weighted by molar-refractivity contribution is 5.90. The molecule has 138 valence electrons. The molecule has 2 aliphatic carbocycles. The Bertz CT molecular complexity index is 480. The molecule has 5 heteroatoms. The number of hydrogen-bond acceptors (Lipinski definition) is 3. The minimum Gasteiger partial charge on any atom is -0.479 e. The minimum atomic E-state index is -1.21. The van der Waals surface area contributed by atoms with E-state index in [-0.39, 0.29) is 17.9 Å². The van der Waals surface area contributed by atoms with E-state index in [1.807, 2.05) is 20.8 Å². The number of amides is 1. The van der Waals surface area contributed by atoms with Gasteiger partial charge in [-0.2, -0.15) is 0 Å². The number of nitrogens with one attached hydrogen (secondary N) is 1. The van der Waals surface area contributed by atoms with Gasteiger partial charge < -0.3 is 15.2 Å². The lowest BCUT2D eigenvalue weighted by Gasteiger charge is -2.58. The highest BCUT2D eigenvalue weighted by Crippen LogP contribution is 2.52. The third kappa shape index (κ3) is 3.19. The fourth-order valence-electron chi connectivity index (χ4n) is 4.40. The summed E-state index contributed by atoms with van der Waals surface area (Å²) in [4.78, 5) is 24.7. The van der Waals surface area contributed by atoms with Crippen molar-refractivity contribution in [3.63, 3.8) is 0 Å². The molecule has 0 spiro atoms. The molecular weight excluding hydrogens is 306 g/mol. The Kier molecular flexibility index (Phi) is 5.63. The molecule has 0 heterocycles. The summed E-state index contributed by atoms with van der Waals surface area (Å²) in [6.45, 7) is 10.7. The number of carbonyl (C=O) groups is 2. The molecule has 2 saturated carbocycles. The second kappa shape index (κ2) is 7.03. The summed E-state index contributed by atoms with van der Waals surface area (Å²) in [5.41, 5.74) is -1.82. The zero-order valence-electron chi connectivity index (χ0n) is 15.7. The average molecular weight is 339 g/mol. The van der Waals surface area contributed by atoms with Crippen molar-refractivity contribution >= 4 is 11.9 Å². The summed E-state index contributed by atoms with van der Waals surface area (Å²) in [7, 11) is 0. The Morgan fingerprint density at radius 2 is 1.79 bits per heavy atom. The molecule has 2 aliphatic rings. The summed E-state index contributed by atoms with van der Waals surface area (Å²) >= 11 is 0. The standard InChI is InChI=1S/C19H33NO4/c1-6-24-15-11-19(17(22)23,18(15,4)5)20-16(21)14-9-7-13(8-10-14)12(2)3/h12-15H,6-11H2,1-5H3,(H,20,21)(H,22,23). The molecule has 2 fully saturated rings. The van der Waals surface area contributed by atoms with Crippen molar-refractivity contribution in [1.82, 2.24) is 5.32 Å². The first kappa shape index (κ1) is 19.2. The van der Waals surface area contributed by atoms with Crippen LogP contribution in [0.4, 0.5) is 0 Å². The number of carboxylic acid groups (broad SMARTS) is 1. The molecule has 2 rings (SSSR count). The van der Waals surface area contributed by atoms with E-state index in [0.717, 1.165) is 25.7 Å². The van der Waals surface area contributed by atoms with Gasteiger partial charge in [-0.15, -0.1) is 0 Å². The fraction of sp³-hybridized carbons (Fsp3) is 0.895. The number of hydrogen-bond donors (Lipinski definition) is 2. The predicted molar refractivity (Wildman–Crippen MR) is 92.6 cm³/mol. The first-order valence-electron chi connectivity index (χ1n) is 9.32. The van der Waals surface area contributed by atoms with Crippen LogP contribution in [0.1, 0.15) is 66.7 Å². The van der Waals surface area contributed by atoms with Crippen molar-refractivity contribution in [3.8, 4) is 0 Å². The topological polar surface area (TPSA) is 75.6 Å². The number of aliphatic carboxylic acids is 1. The molecule has 0 aliphatic heterocycles. The first-order chi connectivity index (χ1) is 11.2. The van der Waals surface area contributed by atoms with Crippen LogP contribution in [0.25, 0.3) is 0 Å². The average Bonchev–Trinajstić information content (AvgIpc) is 2.53. The lowest BCUT2D eigenvalue weighted by Crippen LogP contribution is -2.76. The van der Waals surface area contributed by atoms with Gasteiger partial charge >= 0.3 is 5.97 Å². The van der Waals surface area contributed by atoms with Gasteiger partial charge in [0.2, 0.25) is 5.91 Å². The molecule has 24 heavy (non-hydrogen) atoms. The van der Waals surface area contributed by atoms with Gasteiger partial charge in [-0.1, -0.05) is 27.7 Å². The first-order valence-corrected chi connectivity index (χ1v) is 9.32. The second-order valence-electron chi connectivity index (χ2n) is 8.43. The van der Waals surface area contributed by atoms with Gasteiger partial charge in [0.15, 0.2) is 0 Å². The smallest absolute Gasteiger partial charge is 0.330 e. The van der Waals surface area contributed by atoms with Gasteiger partial charge in [0.25, 0.3) is 0 Å². The third-order valence-electron chi connectivity index (χ3n) is 6.55. The molecule has 0 saturated heterocycles. The molecule has 2 unspecified atom stereocenters. The van der Waals surface area contributed by atoms with Crippen molar-refractivity contribution in [1.29, 1.82) is 0 Å².